The molecule has 3 rings (SSSR count). The van der Waals surface area contributed by atoms with Crippen LogP contribution >= 0.6 is 0 Å². The first kappa shape index (κ1) is 24.0. The van der Waals surface area contributed by atoms with Crippen LogP contribution in [-0.2, 0) is 22.1 Å². The maximum absolute atomic E-state index is 13.0. The molecule has 0 N–H and O–H groups in total. The van der Waals surface area contributed by atoms with Crippen LogP contribution in [0.15, 0.2) is 24.3 Å². The van der Waals surface area contributed by atoms with Gasteiger partial charge in [-0.25, -0.2) is 0 Å². The van der Waals surface area contributed by atoms with Crippen molar-refractivity contribution in [2.75, 3.05) is 33.9 Å². The second-order valence-corrected chi connectivity index (χ2v) is 8.12. The third kappa shape index (κ3) is 5.97. The maximum atomic E-state index is 13.0. The van der Waals surface area contributed by atoms with Crippen molar-refractivity contribution >= 4 is 5.97 Å². The maximum Gasteiger partial charge on any atom is 0.416 e. The largest absolute Gasteiger partial charge is 0.496 e. The first-order chi connectivity index (χ1) is 15.2. The van der Waals surface area contributed by atoms with Gasteiger partial charge >= 0.3 is 12.1 Å². The van der Waals surface area contributed by atoms with Gasteiger partial charge in [0.1, 0.15) is 5.75 Å². The van der Waals surface area contributed by atoms with Crippen molar-refractivity contribution in [2.24, 2.45) is 5.92 Å². The first-order valence-corrected chi connectivity index (χ1v) is 10.6. The van der Waals surface area contributed by atoms with E-state index in [1.54, 1.807) is 0 Å². The Morgan fingerprint density at radius 3 is 2.66 bits per heavy atom. The lowest BCUT2D eigenvalue weighted by molar-refractivity contribution is -0.141. The van der Waals surface area contributed by atoms with Gasteiger partial charge in [0.25, 0.3) is 0 Å². The van der Waals surface area contributed by atoms with Crippen molar-refractivity contribution in [3.05, 3.63) is 41.1 Å². The minimum atomic E-state index is -4.44. The van der Waals surface area contributed by atoms with E-state index in [1.165, 1.54) is 20.3 Å². The number of carbonyl (C=O) groups is 1. The normalized spacial score (nSPS) is 17.2. The van der Waals surface area contributed by atoms with Crippen molar-refractivity contribution in [2.45, 2.75) is 38.8 Å². The molecule has 1 aromatic carbocycles. The SMILES string of the molecule is COC(=O)CCN1CCC[C@@H](Cc2cc(C)c(-c3ccc(C(F)(F)F)cc3OC)nn2)C1. The van der Waals surface area contributed by atoms with E-state index in [0.717, 1.165) is 55.7 Å². The molecule has 0 amide bonds. The van der Waals surface area contributed by atoms with Gasteiger partial charge in [0, 0.05) is 18.7 Å². The molecule has 2 aromatic rings. The highest BCUT2D eigenvalue weighted by Crippen LogP contribution is 2.37. The highest BCUT2D eigenvalue weighted by Gasteiger charge is 2.31. The van der Waals surface area contributed by atoms with Gasteiger partial charge in [-0.15, -0.1) is 5.10 Å². The smallest absolute Gasteiger partial charge is 0.416 e. The highest BCUT2D eigenvalue weighted by molar-refractivity contribution is 5.70. The first-order valence-electron chi connectivity index (χ1n) is 10.6. The molecule has 0 bridgehead atoms. The fraction of sp³-hybridized carbons (Fsp3) is 0.522. The zero-order valence-electron chi connectivity index (χ0n) is 18.5. The van der Waals surface area contributed by atoms with Crippen LogP contribution in [0.4, 0.5) is 13.2 Å². The molecule has 1 saturated heterocycles. The number of aryl methyl sites for hydroxylation is 1. The monoisotopic (exact) mass is 451 g/mol. The van der Waals surface area contributed by atoms with Gasteiger partial charge in [-0.1, -0.05) is 0 Å². The molecule has 1 atom stereocenters. The lowest BCUT2D eigenvalue weighted by Gasteiger charge is -2.32. The number of likely N-dealkylation sites (tertiary alicyclic amines) is 1. The number of ether oxygens (including phenoxy) is 2. The van der Waals surface area contributed by atoms with Gasteiger partial charge in [0.05, 0.1) is 37.6 Å². The average Bonchev–Trinajstić information content (AvgIpc) is 2.77. The van der Waals surface area contributed by atoms with E-state index in [0.29, 0.717) is 30.1 Å². The van der Waals surface area contributed by atoms with Crippen LogP contribution in [0.2, 0.25) is 0 Å². The third-order valence-corrected chi connectivity index (χ3v) is 5.78. The molecule has 174 valence electrons. The van der Waals surface area contributed by atoms with Crippen LogP contribution in [0.25, 0.3) is 11.3 Å². The van der Waals surface area contributed by atoms with E-state index in [2.05, 4.69) is 15.1 Å². The fourth-order valence-corrected chi connectivity index (χ4v) is 4.14. The number of carbonyl (C=O) groups excluding carboxylic acids is 1. The summed E-state index contributed by atoms with van der Waals surface area (Å²) in [6, 6.07) is 5.32. The van der Waals surface area contributed by atoms with Gasteiger partial charge in [-0.05, 0) is 68.5 Å². The van der Waals surface area contributed by atoms with E-state index < -0.39 is 11.7 Å². The third-order valence-electron chi connectivity index (χ3n) is 5.78. The standard InChI is InChI=1S/C23H28F3N3O3/c1-15-11-18(12-16-5-4-9-29(14-16)10-8-21(30)32-3)27-28-22(15)19-7-6-17(23(24,25)26)13-20(19)31-2/h6-7,11,13,16H,4-5,8-10,12,14H2,1-3H3/t16-/m0/s1. The van der Waals surface area contributed by atoms with E-state index in [4.69, 9.17) is 9.47 Å². The van der Waals surface area contributed by atoms with Crippen LogP contribution in [0, 0.1) is 12.8 Å². The molecular formula is C23H28F3N3O3. The Balaban J connectivity index is 1.71. The van der Waals surface area contributed by atoms with E-state index in [1.807, 2.05) is 13.0 Å². The fourth-order valence-electron chi connectivity index (χ4n) is 4.14. The molecule has 0 aliphatic carbocycles. The summed E-state index contributed by atoms with van der Waals surface area (Å²) >= 11 is 0. The predicted molar refractivity (Wildman–Crippen MR) is 113 cm³/mol. The Morgan fingerprint density at radius 2 is 2.00 bits per heavy atom. The van der Waals surface area contributed by atoms with Crippen molar-refractivity contribution < 1.29 is 27.4 Å². The van der Waals surface area contributed by atoms with Gasteiger partial charge in [-0.3, -0.25) is 4.79 Å². The molecule has 0 saturated carbocycles. The number of rotatable bonds is 7. The molecule has 1 aliphatic rings. The Hall–Kier alpha value is -2.68. The number of methoxy groups -OCH3 is 2. The number of aromatic nitrogens is 2. The molecule has 1 fully saturated rings. The number of alkyl halides is 3. The summed E-state index contributed by atoms with van der Waals surface area (Å²) in [7, 11) is 2.73. The van der Waals surface area contributed by atoms with Crippen molar-refractivity contribution in [3.63, 3.8) is 0 Å². The average molecular weight is 451 g/mol. The summed E-state index contributed by atoms with van der Waals surface area (Å²) in [6.45, 7) is 4.39. The summed E-state index contributed by atoms with van der Waals surface area (Å²) in [6.07, 6.45) is -1.18. The van der Waals surface area contributed by atoms with E-state index in [-0.39, 0.29) is 11.7 Å². The topological polar surface area (TPSA) is 64.5 Å². The van der Waals surface area contributed by atoms with Crippen LogP contribution < -0.4 is 4.74 Å². The minimum Gasteiger partial charge on any atom is -0.496 e. The molecule has 32 heavy (non-hydrogen) atoms. The van der Waals surface area contributed by atoms with Crippen LogP contribution in [0.5, 0.6) is 5.75 Å². The van der Waals surface area contributed by atoms with Gasteiger partial charge in [0.2, 0.25) is 0 Å². The van der Waals surface area contributed by atoms with Crippen LogP contribution in [0.1, 0.15) is 36.1 Å². The molecule has 0 radical (unpaired) electrons. The van der Waals surface area contributed by atoms with E-state index in [9.17, 15) is 18.0 Å². The van der Waals surface area contributed by atoms with Crippen molar-refractivity contribution in [1.29, 1.82) is 0 Å². The number of nitrogens with zero attached hydrogens (tertiary/aromatic N) is 3. The highest BCUT2D eigenvalue weighted by atomic mass is 19.4. The van der Waals surface area contributed by atoms with Gasteiger partial charge in [0.15, 0.2) is 0 Å². The van der Waals surface area contributed by atoms with Crippen LogP contribution in [0.3, 0.4) is 0 Å². The Bertz CT molecular complexity index is 950. The van der Waals surface area contributed by atoms with Crippen molar-refractivity contribution in [1.82, 2.24) is 15.1 Å². The Morgan fingerprint density at radius 1 is 1.22 bits per heavy atom. The van der Waals surface area contributed by atoms with E-state index >= 15 is 0 Å². The number of halogens is 3. The molecule has 1 aliphatic heterocycles. The summed E-state index contributed by atoms with van der Waals surface area (Å²) in [5.41, 5.74) is 1.88. The lowest BCUT2D eigenvalue weighted by atomic mass is 9.92. The molecule has 0 spiro atoms. The predicted octanol–water partition coefficient (Wildman–Crippen LogP) is 4.30. The van der Waals surface area contributed by atoms with Gasteiger partial charge in [-0.2, -0.15) is 18.3 Å². The number of esters is 1. The lowest BCUT2D eigenvalue weighted by Crippen LogP contribution is -2.37. The summed E-state index contributed by atoms with van der Waals surface area (Å²) in [4.78, 5) is 13.7. The number of piperidine rings is 1. The molecule has 1 aromatic heterocycles. The zero-order chi connectivity index (χ0) is 23.3. The van der Waals surface area contributed by atoms with Gasteiger partial charge < -0.3 is 14.4 Å². The van der Waals surface area contributed by atoms with Crippen LogP contribution in [-0.4, -0.2) is 54.9 Å². The molecule has 2 heterocycles. The number of hydrogen-bond donors (Lipinski definition) is 0. The Kier molecular flexibility index (Phi) is 7.71. The second kappa shape index (κ2) is 10.3. The molecular weight excluding hydrogens is 423 g/mol. The zero-order valence-corrected chi connectivity index (χ0v) is 18.5. The minimum absolute atomic E-state index is 0.110. The number of benzene rings is 1. The summed E-state index contributed by atoms with van der Waals surface area (Å²) < 4.78 is 49.0. The second-order valence-electron chi connectivity index (χ2n) is 8.12. The molecule has 6 nitrogen and oxygen atoms in total. The Labute approximate surface area is 185 Å². The summed E-state index contributed by atoms with van der Waals surface area (Å²) in [5.74, 6) is 0.308. The number of hydrogen-bond acceptors (Lipinski definition) is 6. The molecule has 9 heteroatoms. The van der Waals surface area contributed by atoms with Crippen molar-refractivity contribution in [3.8, 4) is 17.0 Å². The summed E-state index contributed by atoms with van der Waals surface area (Å²) in [5, 5.41) is 8.67. The quantitative estimate of drug-likeness (QED) is 0.585. The molecule has 0 unspecified atom stereocenters.